The Morgan fingerprint density at radius 2 is 2.10 bits per heavy atom. The quantitative estimate of drug-likeness (QED) is 0.639. The number of carboxylic acid groups (broad SMARTS) is 1. The lowest BCUT2D eigenvalue weighted by Gasteiger charge is -2.16. The third-order valence-corrected chi connectivity index (χ3v) is 2.73. The van der Waals surface area contributed by atoms with Crippen molar-refractivity contribution < 1.29 is 19.4 Å². The molecular weight excluding hydrogens is 272 g/mol. The van der Waals surface area contributed by atoms with Crippen LogP contribution in [0.2, 0.25) is 0 Å². The monoisotopic (exact) mass is 294 g/mol. The van der Waals surface area contributed by atoms with E-state index in [4.69, 9.17) is 9.84 Å². The predicted molar refractivity (Wildman–Crippen MR) is 79.5 cm³/mol. The Labute approximate surface area is 124 Å². The molecule has 1 unspecified atom stereocenters. The molecule has 1 aromatic carbocycles. The van der Waals surface area contributed by atoms with Gasteiger partial charge in [-0.1, -0.05) is 12.1 Å². The molecule has 21 heavy (non-hydrogen) atoms. The summed E-state index contributed by atoms with van der Waals surface area (Å²) in [5.41, 5.74) is 1.11. The largest absolute Gasteiger partial charge is 0.489 e. The second kappa shape index (κ2) is 8.84. The van der Waals surface area contributed by atoms with Gasteiger partial charge in [0.25, 0.3) is 0 Å². The molecule has 0 aromatic heterocycles. The van der Waals surface area contributed by atoms with Crippen molar-refractivity contribution in [1.29, 1.82) is 0 Å². The molecule has 2 amide bonds. The SMILES string of the molecule is Cc1cccc(OC(C)CNC(=O)NCCCC(=O)O)c1. The van der Waals surface area contributed by atoms with E-state index in [1.54, 1.807) is 0 Å². The normalized spacial score (nSPS) is 11.5. The lowest BCUT2D eigenvalue weighted by molar-refractivity contribution is -0.137. The zero-order valence-electron chi connectivity index (χ0n) is 12.4. The number of hydrogen-bond acceptors (Lipinski definition) is 3. The molecule has 3 N–H and O–H groups in total. The zero-order chi connectivity index (χ0) is 15.7. The Morgan fingerprint density at radius 3 is 2.76 bits per heavy atom. The molecule has 1 rings (SSSR count). The van der Waals surface area contributed by atoms with Crippen LogP contribution in [0.1, 0.15) is 25.3 Å². The van der Waals surface area contributed by atoms with Crippen LogP contribution in [0.4, 0.5) is 4.79 Å². The Bertz CT molecular complexity index is 476. The summed E-state index contributed by atoms with van der Waals surface area (Å²) < 4.78 is 5.68. The fourth-order valence-corrected chi connectivity index (χ4v) is 1.70. The van der Waals surface area contributed by atoms with Crippen LogP contribution in [-0.4, -0.2) is 36.3 Å². The van der Waals surface area contributed by atoms with E-state index >= 15 is 0 Å². The Hall–Kier alpha value is -2.24. The minimum Gasteiger partial charge on any atom is -0.489 e. The van der Waals surface area contributed by atoms with E-state index in [2.05, 4.69) is 10.6 Å². The number of hydrogen-bond donors (Lipinski definition) is 3. The van der Waals surface area contributed by atoms with Gasteiger partial charge >= 0.3 is 12.0 Å². The van der Waals surface area contributed by atoms with Crippen LogP contribution in [0.3, 0.4) is 0 Å². The maximum absolute atomic E-state index is 11.5. The van der Waals surface area contributed by atoms with Gasteiger partial charge in [0.05, 0.1) is 6.54 Å². The molecule has 0 radical (unpaired) electrons. The molecule has 0 bridgehead atoms. The molecule has 6 heteroatoms. The number of carbonyl (C=O) groups excluding carboxylic acids is 1. The molecule has 0 aliphatic rings. The minimum atomic E-state index is -0.864. The highest BCUT2D eigenvalue weighted by Gasteiger charge is 2.07. The lowest BCUT2D eigenvalue weighted by atomic mass is 10.2. The van der Waals surface area contributed by atoms with Crippen molar-refractivity contribution in [2.24, 2.45) is 0 Å². The highest BCUT2D eigenvalue weighted by molar-refractivity contribution is 5.73. The van der Waals surface area contributed by atoms with Gasteiger partial charge in [-0.05, 0) is 38.0 Å². The first kappa shape index (κ1) is 16.8. The van der Waals surface area contributed by atoms with Gasteiger partial charge in [-0.3, -0.25) is 4.79 Å². The van der Waals surface area contributed by atoms with E-state index in [0.29, 0.717) is 19.5 Å². The third kappa shape index (κ3) is 7.81. The molecule has 116 valence electrons. The molecule has 0 aliphatic heterocycles. The van der Waals surface area contributed by atoms with Crippen molar-refractivity contribution in [3.05, 3.63) is 29.8 Å². The lowest BCUT2D eigenvalue weighted by Crippen LogP contribution is -2.40. The van der Waals surface area contributed by atoms with Crippen LogP contribution in [0.15, 0.2) is 24.3 Å². The van der Waals surface area contributed by atoms with Crippen LogP contribution in [0, 0.1) is 6.92 Å². The molecule has 0 saturated heterocycles. The number of nitrogens with one attached hydrogen (secondary N) is 2. The fourth-order valence-electron chi connectivity index (χ4n) is 1.70. The number of aliphatic carboxylic acids is 1. The standard InChI is InChI=1S/C15H22N2O4/c1-11-5-3-6-13(9-11)21-12(2)10-17-15(20)16-8-4-7-14(18)19/h3,5-6,9,12H,4,7-8,10H2,1-2H3,(H,18,19)(H2,16,17,20). The first-order valence-corrected chi connectivity index (χ1v) is 6.94. The number of benzene rings is 1. The highest BCUT2D eigenvalue weighted by atomic mass is 16.5. The van der Waals surface area contributed by atoms with Crippen LogP contribution in [0.25, 0.3) is 0 Å². The number of carboxylic acids is 1. The molecule has 0 saturated carbocycles. The first-order chi connectivity index (χ1) is 9.97. The molecule has 6 nitrogen and oxygen atoms in total. The summed E-state index contributed by atoms with van der Waals surface area (Å²) >= 11 is 0. The van der Waals surface area contributed by atoms with Crippen LogP contribution < -0.4 is 15.4 Å². The fraction of sp³-hybridized carbons (Fsp3) is 0.467. The van der Waals surface area contributed by atoms with E-state index in [0.717, 1.165) is 11.3 Å². The van der Waals surface area contributed by atoms with E-state index in [1.807, 2.05) is 38.1 Å². The third-order valence-electron chi connectivity index (χ3n) is 2.73. The molecule has 0 fully saturated rings. The Balaban J connectivity index is 2.18. The van der Waals surface area contributed by atoms with Crippen molar-refractivity contribution in [1.82, 2.24) is 10.6 Å². The van der Waals surface area contributed by atoms with Crippen LogP contribution in [0.5, 0.6) is 5.75 Å². The summed E-state index contributed by atoms with van der Waals surface area (Å²) in [6, 6.07) is 7.39. The second-order valence-electron chi connectivity index (χ2n) is 4.88. The summed E-state index contributed by atoms with van der Waals surface area (Å²) in [6.07, 6.45) is 0.308. The Kier molecular flexibility index (Phi) is 7.08. The molecular formula is C15H22N2O4. The predicted octanol–water partition coefficient (Wildman–Crippen LogP) is 1.93. The number of rotatable bonds is 8. The van der Waals surface area contributed by atoms with Gasteiger partial charge in [0.2, 0.25) is 0 Å². The molecule has 0 heterocycles. The van der Waals surface area contributed by atoms with Gasteiger partial charge in [0.15, 0.2) is 0 Å². The minimum absolute atomic E-state index is 0.0488. The molecule has 0 aliphatic carbocycles. The smallest absolute Gasteiger partial charge is 0.314 e. The summed E-state index contributed by atoms with van der Waals surface area (Å²) in [7, 11) is 0. The Morgan fingerprint density at radius 1 is 1.33 bits per heavy atom. The van der Waals surface area contributed by atoms with Gasteiger partial charge in [0.1, 0.15) is 11.9 Å². The van der Waals surface area contributed by atoms with Gasteiger partial charge in [-0.25, -0.2) is 4.79 Å². The highest BCUT2D eigenvalue weighted by Crippen LogP contribution is 2.13. The van der Waals surface area contributed by atoms with Crippen LogP contribution >= 0.6 is 0 Å². The molecule has 1 atom stereocenters. The van der Waals surface area contributed by atoms with E-state index in [1.165, 1.54) is 0 Å². The maximum Gasteiger partial charge on any atom is 0.314 e. The summed E-state index contributed by atoms with van der Waals surface area (Å²) in [5.74, 6) is -0.0939. The average molecular weight is 294 g/mol. The zero-order valence-corrected chi connectivity index (χ0v) is 12.4. The average Bonchev–Trinajstić information content (AvgIpc) is 2.41. The first-order valence-electron chi connectivity index (χ1n) is 6.94. The van der Waals surface area contributed by atoms with Crippen molar-refractivity contribution in [2.75, 3.05) is 13.1 Å². The van der Waals surface area contributed by atoms with Gasteiger partial charge in [-0.2, -0.15) is 0 Å². The van der Waals surface area contributed by atoms with Crippen molar-refractivity contribution in [3.63, 3.8) is 0 Å². The second-order valence-corrected chi connectivity index (χ2v) is 4.88. The number of amides is 2. The van der Waals surface area contributed by atoms with Gasteiger partial charge in [0, 0.05) is 13.0 Å². The van der Waals surface area contributed by atoms with Crippen molar-refractivity contribution in [2.45, 2.75) is 32.8 Å². The van der Waals surface area contributed by atoms with Gasteiger partial charge < -0.3 is 20.5 Å². The van der Waals surface area contributed by atoms with Gasteiger partial charge in [-0.15, -0.1) is 0 Å². The summed E-state index contributed by atoms with van der Waals surface area (Å²) in [5, 5.41) is 13.8. The number of urea groups is 1. The van der Waals surface area contributed by atoms with Crippen molar-refractivity contribution >= 4 is 12.0 Å². The van der Waals surface area contributed by atoms with E-state index < -0.39 is 5.97 Å². The summed E-state index contributed by atoms with van der Waals surface area (Å²) in [4.78, 5) is 21.8. The molecule has 1 aromatic rings. The summed E-state index contributed by atoms with van der Waals surface area (Å²) in [6.45, 7) is 4.57. The maximum atomic E-state index is 11.5. The number of carbonyl (C=O) groups is 2. The van der Waals surface area contributed by atoms with E-state index in [9.17, 15) is 9.59 Å². The van der Waals surface area contributed by atoms with Crippen molar-refractivity contribution in [3.8, 4) is 5.75 Å². The van der Waals surface area contributed by atoms with E-state index in [-0.39, 0.29) is 18.6 Å². The molecule has 0 spiro atoms. The number of ether oxygens (including phenoxy) is 1. The topological polar surface area (TPSA) is 87.7 Å². The number of aryl methyl sites for hydroxylation is 1. The van der Waals surface area contributed by atoms with Crippen LogP contribution in [-0.2, 0) is 4.79 Å².